The van der Waals surface area contributed by atoms with Crippen molar-refractivity contribution in [1.82, 2.24) is 9.80 Å². The van der Waals surface area contributed by atoms with Gasteiger partial charge in [0.25, 0.3) is 0 Å². The van der Waals surface area contributed by atoms with Crippen molar-refractivity contribution in [2.75, 3.05) is 27.2 Å². The summed E-state index contributed by atoms with van der Waals surface area (Å²) in [6.07, 6.45) is 5.19. The molecule has 0 aromatic heterocycles. The maximum Gasteiger partial charge on any atom is 0.0237 e. The van der Waals surface area contributed by atoms with E-state index in [1.54, 1.807) is 0 Å². The second-order valence-corrected chi connectivity index (χ2v) is 8.55. The molecule has 0 fully saturated rings. The molecule has 0 aliphatic heterocycles. The fourth-order valence-electron chi connectivity index (χ4n) is 2.92. The minimum atomic E-state index is 0.593. The van der Waals surface area contributed by atoms with Crippen LogP contribution in [-0.4, -0.2) is 43.0 Å². The van der Waals surface area contributed by atoms with Gasteiger partial charge in [0.15, 0.2) is 0 Å². The van der Waals surface area contributed by atoms with Gasteiger partial charge in [-0.25, -0.2) is 0 Å². The first-order valence-corrected chi connectivity index (χ1v) is 12.8. The Morgan fingerprint density at radius 2 is 1.31 bits per heavy atom. The monoisotopic (exact) mass is 442 g/mol. The summed E-state index contributed by atoms with van der Waals surface area (Å²) in [5.74, 6) is 0. The Balaban J connectivity index is 0. The predicted molar refractivity (Wildman–Crippen MR) is 148 cm³/mol. The summed E-state index contributed by atoms with van der Waals surface area (Å²) in [5.41, 5.74) is 4.19. The van der Waals surface area contributed by atoms with Crippen LogP contribution in [0.1, 0.15) is 84.4 Å². The maximum atomic E-state index is 2.54. The molecule has 2 heteroatoms. The molecule has 0 spiro atoms. The number of benzene rings is 2. The first kappa shape index (κ1) is 32.5. The van der Waals surface area contributed by atoms with Crippen molar-refractivity contribution >= 4 is 0 Å². The van der Waals surface area contributed by atoms with E-state index in [0.29, 0.717) is 6.04 Å². The number of nitrogens with zero attached hydrogens (tertiary/aromatic N) is 2. The van der Waals surface area contributed by atoms with Gasteiger partial charge in [0.1, 0.15) is 0 Å². The molecule has 0 N–H and O–H groups in total. The van der Waals surface area contributed by atoms with Crippen LogP contribution in [0.15, 0.2) is 54.6 Å². The molecule has 32 heavy (non-hydrogen) atoms. The van der Waals surface area contributed by atoms with Gasteiger partial charge in [-0.05, 0) is 52.4 Å². The standard InChI is InChI=1S/C16H28N2.C7H8.C5H12.C2H6/c1-6-15-8-7-9-16(12-15)13-18(14(2)3)11-10-17(4)5;1-7-5-3-2-4-6-7;1-3-5-4-2;1-2/h7-9,12,14H,6,10-11,13H2,1-5H3;2-6H,1H3;3-5H2,1-2H3;1-2H3. The fraction of sp³-hybridized carbons (Fsp3) is 0.600. The fourth-order valence-corrected chi connectivity index (χ4v) is 2.92. The topological polar surface area (TPSA) is 6.48 Å². The lowest BCUT2D eigenvalue weighted by atomic mass is 10.1. The molecule has 0 aliphatic rings. The van der Waals surface area contributed by atoms with Gasteiger partial charge < -0.3 is 4.90 Å². The summed E-state index contributed by atoms with van der Waals surface area (Å²) in [6.45, 7) is 20.6. The molecule has 0 radical (unpaired) electrons. The zero-order valence-electron chi connectivity index (χ0n) is 23.1. The lowest BCUT2D eigenvalue weighted by Crippen LogP contribution is -2.36. The molecule has 0 aliphatic carbocycles. The Morgan fingerprint density at radius 3 is 1.69 bits per heavy atom. The van der Waals surface area contributed by atoms with E-state index in [-0.39, 0.29) is 0 Å². The minimum absolute atomic E-state index is 0.593. The highest BCUT2D eigenvalue weighted by Gasteiger charge is 2.10. The molecule has 0 atom stereocenters. The first-order valence-electron chi connectivity index (χ1n) is 12.8. The molecule has 0 heterocycles. The lowest BCUT2D eigenvalue weighted by Gasteiger charge is -2.28. The zero-order valence-corrected chi connectivity index (χ0v) is 23.1. The summed E-state index contributed by atoms with van der Waals surface area (Å²) in [6, 6.07) is 19.8. The van der Waals surface area contributed by atoms with Crippen LogP contribution < -0.4 is 0 Å². The largest absolute Gasteiger partial charge is 0.308 e. The number of rotatable bonds is 9. The maximum absolute atomic E-state index is 2.54. The average molecular weight is 443 g/mol. The number of hydrogen-bond acceptors (Lipinski definition) is 2. The highest BCUT2D eigenvalue weighted by Crippen LogP contribution is 2.11. The van der Waals surface area contributed by atoms with E-state index in [4.69, 9.17) is 0 Å². The Bertz CT molecular complexity index is 618. The van der Waals surface area contributed by atoms with Crippen molar-refractivity contribution < 1.29 is 0 Å². The Morgan fingerprint density at radius 1 is 0.750 bits per heavy atom. The number of unbranched alkanes of at least 4 members (excludes halogenated alkanes) is 2. The number of likely N-dealkylation sites (N-methyl/N-ethyl adjacent to an activating group) is 1. The summed E-state index contributed by atoms with van der Waals surface area (Å²) in [7, 11) is 4.27. The van der Waals surface area contributed by atoms with Crippen LogP contribution in [0.2, 0.25) is 0 Å². The van der Waals surface area contributed by atoms with Crippen molar-refractivity contribution in [3.63, 3.8) is 0 Å². The summed E-state index contributed by atoms with van der Waals surface area (Å²) >= 11 is 0. The molecule has 2 nitrogen and oxygen atoms in total. The summed E-state index contributed by atoms with van der Waals surface area (Å²) < 4.78 is 0. The van der Waals surface area contributed by atoms with Gasteiger partial charge >= 0.3 is 0 Å². The van der Waals surface area contributed by atoms with Crippen LogP contribution in [0.25, 0.3) is 0 Å². The molecule has 0 unspecified atom stereocenters. The van der Waals surface area contributed by atoms with E-state index in [1.807, 2.05) is 32.0 Å². The predicted octanol–water partition coefficient (Wildman–Crippen LogP) is 8.24. The van der Waals surface area contributed by atoms with Gasteiger partial charge in [-0.15, -0.1) is 0 Å². The normalized spacial score (nSPS) is 10.0. The molecule has 0 saturated carbocycles. The molecular formula is C30H54N2. The Kier molecular flexibility index (Phi) is 22.9. The van der Waals surface area contributed by atoms with Crippen LogP contribution in [0.3, 0.4) is 0 Å². The molecule has 2 aromatic rings. The van der Waals surface area contributed by atoms with Crippen molar-refractivity contribution in [2.24, 2.45) is 0 Å². The second-order valence-electron chi connectivity index (χ2n) is 8.55. The van der Waals surface area contributed by atoms with Crippen LogP contribution >= 0.6 is 0 Å². The van der Waals surface area contributed by atoms with Gasteiger partial charge in [0.05, 0.1) is 0 Å². The van der Waals surface area contributed by atoms with Crippen molar-refractivity contribution in [3.8, 4) is 0 Å². The van der Waals surface area contributed by atoms with Crippen LogP contribution in [0, 0.1) is 6.92 Å². The number of aryl methyl sites for hydroxylation is 2. The molecule has 184 valence electrons. The zero-order chi connectivity index (χ0) is 24.8. The third-order valence-corrected chi connectivity index (χ3v) is 5.00. The molecule has 2 rings (SSSR count). The molecule has 0 bridgehead atoms. The number of hydrogen-bond donors (Lipinski definition) is 0. The smallest absolute Gasteiger partial charge is 0.0237 e. The molecule has 2 aromatic carbocycles. The third-order valence-electron chi connectivity index (χ3n) is 5.00. The van der Waals surface area contributed by atoms with Gasteiger partial charge in [-0.1, -0.05) is 114 Å². The third kappa shape index (κ3) is 19.1. The highest BCUT2D eigenvalue weighted by molar-refractivity contribution is 5.23. The van der Waals surface area contributed by atoms with Crippen molar-refractivity contribution in [1.29, 1.82) is 0 Å². The van der Waals surface area contributed by atoms with Crippen LogP contribution in [0.5, 0.6) is 0 Å². The summed E-state index contributed by atoms with van der Waals surface area (Å²) in [4.78, 5) is 4.78. The first-order chi connectivity index (χ1) is 15.3. The van der Waals surface area contributed by atoms with Crippen LogP contribution in [0.4, 0.5) is 0 Å². The van der Waals surface area contributed by atoms with Crippen molar-refractivity contribution in [2.45, 2.75) is 93.7 Å². The van der Waals surface area contributed by atoms with E-state index >= 15 is 0 Å². The van der Waals surface area contributed by atoms with E-state index in [2.05, 4.69) is 102 Å². The van der Waals surface area contributed by atoms with Gasteiger partial charge in [-0.2, -0.15) is 0 Å². The molecule has 0 saturated heterocycles. The van der Waals surface area contributed by atoms with Crippen molar-refractivity contribution in [3.05, 3.63) is 71.3 Å². The second kappa shape index (κ2) is 22.6. The lowest BCUT2D eigenvalue weighted by molar-refractivity contribution is 0.191. The minimum Gasteiger partial charge on any atom is -0.308 e. The van der Waals surface area contributed by atoms with E-state index in [1.165, 1.54) is 36.0 Å². The molecule has 0 amide bonds. The van der Waals surface area contributed by atoms with Gasteiger partial charge in [-0.3, -0.25) is 4.90 Å². The Labute approximate surface area is 202 Å². The quantitative estimate of drug-likeness (QED) is 0.386. The highest BCUT2D eigenvalue weighted by atomic mass is 15.2. The van der Waals surface area contributed by atoms with E-state index < -0.39 is 0 Å². The Hall–Kier alpha value is -1.64. The van der Waals surface area contributed by atoms with Gasteiger partial charge in [0, 0.05) is 25.7 Å². The van der Waals surface area contributed by atoms with E-state index in [9.17, 15) is 0 Å². The SMILES string of the molecule is CC.CCCCC.CCc1cccc(CN(CCN(C)C)C(C)C)c1.Cc1ccccc1. The molecular weight excluding hydrogens is 388 g/mol. The van der Waals surface area contributed by atoms with Crippen LogP contribution in [-0.2, 0) is 13.0 Å². The average Bonchev–Trinajstić information content (AvgIpc) is 2.80. The van der Waals surface area contributed by atoms with E-state index in [0.717, 1.165) is 26.1 Å². The van der Waals surface area contributed by atoms with Gasteiger partial charge in [0.2, 0.25) is 0 Å². The summed E-state index contributed by atoms with van der Waals surface area (Å²) in [5, 5.41) is 0.